The molecule has 1 N–H and O–H groups in total. The van der Waals surface area contributed by atoms with E-state index in [0.29, 0.717) is 18.0 Å². The van der Waals surface area contributed by atoms with Gasteiger partial charge in [-0.05, 0) is 19.1 Å². The second kappa shape index (κ2) is 4.49. The number of hydrogen-bond acceptors (Lipinski definition) is 4. The fourth-order valence-electron chi connectivity index (χ4n) is 1.39. The normalized spacial score (nSPS) is 9.75. The molecule has 0 spiro atoms. The first-order chi connectivity index (χ1) is 7.79. The van der Waals surface area contributed by atoms with Crippen molar-refractivity contribution in [2.45, 2.75) is 13.5 Å². The minimum Gasteiger partial charge on any atom is -0.444 e. The average molecular weight is 213 g/mol. The van der Waals surface area contributed by atoms with E-state index in [1.54, 1.807) is 12.3 Å². The number of rotatable bonds is 3. The van der Waals surface area contributed by atoms with E-state index in [1.165, 1.54) is 0 Å². The van der Waals surface area contributed by atoms with E-state index in [4.69, 9.17) is 9.68 Å². The molecule has 16 heavy (non-hydrogen) atoms. The van der Waals surface area contributed by atoms with Crippen LogP contribution in [0.15, 0.2) is 34.9 Å². The summed E-state index contributed by atoms with van der Waals surface area (Å²) in [6.07, 6.45) is 1.67. The molecule has 0 saturated carbocycles. The van der Waals surface area contributed by atoms with Crippen LogP contribution in [0.3, 0.4) is 0 Å². The highest BCUT2D eigenvalue weighted by atomic mass is 16.4. The van der Waals surface area contributed by atoms with Crippen LogP contribution in [0.2, 0.25) is 0 Å². The van der Waals surface area contributed by atoms with Crippen LogP contribution >= 0.6 is 0 Å². The van der Waals surface area contributed by atoms with Crippen LogP contribution in [0.1, 0.15) is 17.2 Å². The summed E-state index contributed by atoms with van der Waals surface area (Å²) in [6.45, 7) is 2.33. The van der Waals surface area contributed by atoms with Gasteiger partial charge in [0.1, 0.15) is 11.8 Å². The summed E-state index contributed by atoms with van der Waals surface area (Å²) in [5.74, 6) is 1.40. The number of aryl methyl sites for hydroxylation is 1. The highest BCUT2D eigenvalue weighted by molar-refractivity contribution is 5.56. The Hall–Kier alpha value is -2.28. The second-order valence-corrected chi connectivity index (χ2v) is 3.38. The molecule has 0 aliphatic carbocycles. The van der Waals surface area contributed by atoms with Gasteiger partial charge in [-0.3, -0.25) is 0 Å². The van der Waals surface area contributed by atoms with Crippen LogP contribution in [0.4, 0.5) is 5.69 Å². The van der Waals surface area contributed by atoms with Crippen molar-refractivity contribution in [2.75, 3.05) is 5.32 Å². The van der Waals surface area contributed by atoms with Crippen molar-refractivity contribution in [2.24, 2.45) is 0 Å². The van der Waals surface area contributed by atoms with E-state index in [1.807, 2.05) is 25.1 Å². The van der Waals surface area contributed by atoms with Crippen molar-refractivity contribution in [1.82, 2.24) is 4.98 Å². The van der Waals surface area contributed by atoms with Crippen molar-refractivity contribution >= 4 is 5.69 Å². The van der Waals surface area contributed by atoms with Gasteiger partial charge in [0.05, 0.1) is 24.0 Å². The number of anilines is 1. The topological polar surface area (TPSA) is 61.9 Å². The van der Waals surface area contributed by atoms with Gasteiger partial charge in [0, 0.05) is 0 Å². The van der Waals surface area contributed by atoms with Crippen molar-refractivity contribution in [3.63, 3.8) is 0 Å². The molecule has 4 heteroatoms. The van der Waals surface area contributed by atoms with Crippen LogP contribution in [0, 0.1) is 18.3 Å². The molecule has 1 heterocycles. The highest BCUT2D eigenvalue weighted by Gasteiger charge is 2.03. The summed E-state index contributed by atoms with van der Waals surface area (Å²) < 4.78 is 5.32. The molecule has 2 rings (SSSR count). The van der Waals surface area contributed by atoms with Crippen LogP contribution in [0.25, 0.3) is 0 Å². The van der Waals surface area contributed by atoms with E-state index in [9.17, 15) is 0 Å². The van der Waals surface area contributed by atoms with Crippen molar-refractivity contribution < 1.29 is 4.42 Å². The maximum absolute atomic E-state index is 8.89. The lowest BCUT2D eigenvalue weighted by Crippen LogP contribution is -2.01. The third kappa shape index (κ3) is 2.20. The maximum Gasteiger partial charge on any atom is 0.213 e. The molecule has 0 aliphatic heterocycles. The fourth-order valence-corrected chi connectivity index (χ4v) is 1.39. The third-order valence-corrected chi connectivity index (χ3v) is 2.15. The van der Waals surface area contributed by atoms with Crippen LogP contribution < -0.4 is 5.32 Å². The van der Waals surface area contributed by atoms with Crippen molar-refractivity contribution in [3.05, 3.63) is 47.7 Å². The maximum atomic E-state index is 8.89. The Morgan fingerprint density at radius 1 is 1.44 bits per heavy atom. The summed E-state index contributed by atoms with van der Waals surface area (Å²) in [6, 6.07) is 9.46. The number of nitrogens with zero attached hydrogens (tertiary/aromatic N) is 2. The zero-order valence-electron chi connectivity index (χ0n) is 8.90. The molecule has 1 aromatic heterocycles. The van der Waals surface area contributed by atoms with Crippen LogP contribution in [0.5, 0.6) is 0 Å². The van der Waals surface area contributed by atoms with Crippen molar-refractivity contribution in [1.29, 1.82) is 5.26 Å². The minimum absolute atomic E-state index is 0.479. The smallest absolute Gasteiger partial charge is 0.213 e. The predicted molar refractivity (Wildman–Crippen MR) is 59.7 cm³/mol. The lowest BCUT2D eigenvalue weighted by molar-refractivity contribution is 0.479. The number of benzene rings is 1. The van der Waals surface area contributed by atoms with Gasteiger partial charge in [-0.1, -0.05) is 12.1 Å². The zero-order valence-corrected chi connectivity index (χ0v) is 8.90. The first-order valence-electron chi connectivity index (χ1n) is 4.94. The highest BCUT2D eigenvalue weighted by Crippen LogP contribution is 2.14. The first kappa shape index (κ1) is 10.2. The predicted octanol–water partition coefficient (Wildman–Crippen LogP) is 2.47. The third-order valence-electron chi connectivity index (χ3n) is 2.15. The Morgan fingerprint density at radius 2 is 2.25 bits per heavy atom. The molecular formula is C12H11N3O. The molecular weight excluding hydrogens is 202 g/mol. The van der Waals surface area contributed by atoms with Gasteiger partial charge in [0.25, 0.3) is 0 Å². The molecule has 80 valence electrons. The molecule has 2 aromatic rings. The monoisotopic (exact) mass is 213 g/mol. The minimum atomic E-state index is 0.479. The molecule has 0 amide bonds. The number of hydrogen-bond donors (Lipinski definition) is 1. The van der Waals surface area contributed by atoms with Gasteiger partial charge in [-0.15, -0.1) is 0 Å². The second-order valence-electron chi connectivity index (χ2n) is 3.38. The summed E-state index contributed by atoms with van der Waals surface area (Å²) in [5.41, 5.74) is 1.41. The molecule has 0 aliphatic rings. The molecule has 0 bridgehead atoms. The number of para-hydroxylation sites is 1. The molecule has 0 radical (unpaired) electrons. The molecule has 4 nitrogen and oxygen atoms in total. The number of nitrogens with one attached hydrogen (secondary N) is 1. The van der Waals surface area contributed by atoms with Gasteiger partial charge in [0.15, 0.2) is 0 Å². The molecule has 0 atom stereocenters. The lowest BCUT2D eigenvalue weighted by Gasteiger charge is -2.04. The Kier molecular flexibility index (Phi) is 2.88. The van der Waals surface area contributed by atoms with Gasteiger partial charge < -0.3 is 9.73 Å². The average Bonchev–Trinajstić information content (AvgIpc) is 2.73. The van der Waals surface area contributed by atoms with Gasteiger partial charge >= 0.3 is 0 Å². The molecule has 0 fully saturated rings. The Balaban J connectivity index is 2.08. The SMILES string of the molecule is Cc1cnc(CNc2ccccc2C#N)o1. The Bertz CT molecular complexity index is 525. The molecule has 0 saturated heterocycles. The summed E-state index contributed by atoms with van der Waals surface area (Å²) >= 11 is 0. The van der Waals surface area contributed by atoms with E-state index < -0.39 is 0 Å². The molecule has 1 aromatic carbocycles. The first-order valence-corrected chi connectivity index (χ1v) is 4.94. The Labute approximate surface area is 93.5 Å². The quantitative estimate of drug-likeness (QED) is 0.850. The van der Waals surface area contributed by atoms with Gasteiger partial charge in [-0.2, -0.15) is 5.26 Å². The largest absolute Gasteiger partial charge is 0.444 e. The zero-order chi connectivity index (χ0) is 11.4. The standard InChI is InChI=1S/C12H11N3O/c1-9-7-15-12(16-9)8-14-11-5-3-2-4-10(11)6-13/h2-5,7,14H,8H2,1H3. The summed E-state index contributed by atoms with van der Waals surface area (Å²) in [7, 11) is 0. The Morgan fingerprint density at radius 3 is 2.94 bits per heavy atom. The number of oxazole rings is 1. The summed E-state index contributed by atoms with van der Waals surface area (Å²) in [4.78, 5) is 4.07. The van der Waals surface area contributed by atoms with Gasteiger partial charge in [-0.25, -0.2) is 4.98 Å². The van der Waals surface area contributed by atoms with Crippen LogP contribution in [-0.4, -0.2) is 4.98 Å². The number of nitriles is 1. The summed E-state index contributed by atoms with van der Waals surface area (Å²) in [5, 5.41) is 12.0. The van der Waals surface area contributed by atoms with E-state index >= 15 is 0 Å². The van der Waals surface area contributed by atoms with E-state index in [0.717, 1.165) is 11.4 Å². The lowest BCUT2D eigenvalue weighted by atomic mass is 10.2. The van der Waals surface area contributed by atoms with Crippen LogP contribution in [-0.2, 0) is 6.54 Å². The number of aromatic nitrogens is 1. The van der Waals surface area contributed by atoms with E-state index in [-0.39, 0.29) is 0 Å². The molecule has 0 unspecified atom stereocenters. The van der Waals surface area contributed by atoms with E-state index in [2.05, 4.69) is 16.4 Å². The van der Waals surface area contributed by atoms with Gasteiger partial charge in [0.2, 0.25) is 5.89 Å². The van der Waals surface area contributed by atoms with Crippen molar-refractivity contribution in [3.8, 4) is 6.07 Å². The fraction of sp³-hybridized carbons (Fsp3) is 0.167.